The van der Waals surface area contributed by atoms with Gasteiger partial charge in [-0.25, -0.2) is 5.01 Å². The van der Waals surface area contributed by atoms with Gasteiger partial charge in [0.05, 0.1) is 23.4 Å². The van der Waals surface area contributed by atoms with Crippen LogP contribution in [0, 0.1) is 0 Å². The molecule has 0 aromatic heterocycles. The molecule has 0 atom stereocenters. The van der Waals surface area contributed by atoms with Crippen molar-refractivity contribution in [2.45, 2.75) is 19.0 Å². The van der Waals surface area contributed by atoms with E-state index in [1.807, 2.05) is 0 Å². The van der Waals surface area contributed by atoms with Gasteiger partial charge in [0.15, 0.2) is 0 Å². The van der Waals surface area contributed by atoms with Gasteiger partial charge in [0.2, 0.25) is 0 Å². The molecule has 1 aromatic rings. The van der Waals surface area contributed by atoms with Crippen molar-refractivity contribution in [3.8, 4) is 0 Å². The molecule has 1 heterocycles. The Morgan fingerprint density at radius 1 is 1.40 bits per heavy atom. The number of benzene rings is 1. The van der Waals surface area contributed by atoms with Crippen molar-refractivity contribution >= 4 is 23.3 Å². The van der Waals surface area contributed by atoms with E-state index in [0.29, 0.717) is 0 Å². The number of carboxylic acid groups (broad SMARTS) is 1. The third-order valence-corrected chi connectivity index (χ3v) is 2.60. The van der Waals surface area contributed by atoms with Crippen molar-refractivity contribution in [2.75, 3.05) is 5.01 Å². The Morgan fingerprint density at radius 2 is 2.10 bits per heavy atom. The maximum atomic E-state index is 12.6. The smallest absolute Gasteiger partial charge is 0.416 e. The molecular formula is C12H8F3N2O3-. The molecule has 20 heavy (non-hydrogen) atoms. The first kappa shape index (κ1) is 14.0. The number of hydrogen-bond acceptors (Lipinski definition) is 4. The fourth-order valence-corrected chi connectivity index (χ4v) is 1.76. The van der Waals surface area contributed by atoms with E-state index in [2.05, 4.69) is 5.10 Å². The van der Waals surface area contributed by atoms with Crippen molar-refractivity contribution < 1.29 is 27.9 Å². The van der Waals surface area contributed by atoms with E-state index in [0.717, 1.165) is 23.2 Å². The van der Waals surface area contributed by atoms with Crippen LogP contribution in [-0.4, -0.2) is 17.6 Å². The summed E-state index contributed by atoms with van der Waals surface area (Å²) >= 11 is 0. The molecule has 0 radical (unpaired) electrons. The number of anilines is 1. The Bertz CT molecular complexity index is 596. The zero-order chi connectivity index (χ0) is 14.9. The molecule has 0 aliphatic carbocycles. The van der Waals surface area contributed by atoms with Gasteiger partial charge in [-0.15, -0.1) is 0 Å². The molecule has 0 unspecified atom stereocenters. The van der Waals surface area contributed by atoms with Gasteiger partial charge in [-0.1, -0.05) is 6.07 Å². The number of aliphatic carboxylic acids is 1. The van der Waals surface area contributed by atoms with E-state index in [1.54, 1.807) is 0 Å². The van der Waals surface area contributed by atoms with E-state index in [4.69, 9.17) is 0 Å². The molecule has 5 nitrogen and oxygen atoms in total. The molecule has 0 saturated carbocycles. The van der Waals surface area contributed by atoms with E-state index in [-0.39, 0.29) is 17.8 Å². The zero-order valence-electron chi connectivity index (χ0n) is 9.98. The van der Waals surface area contributed by atoms with Gasteiger partial charge in [0.25, 0.3) is 5.91 Å². The van der Waals surface area contributed by atoms with Gasteiger partial charge < -0.3 is 9.90 Å². The minimum Gasteiger partial charge on any atom is -0.550 e. The molecular weight excluding hydrogens is 277 g/mol. The highest BCUT2D eigenvalue weighted by Gasteiger charge is 2.32. The second-order valence-corrected chi connectivity index (χ2v) is 4.15. The van der Waals surface area contributed by atoms with Crippen LogP contribution in [-0.2, 0) is 15.8 Å². The molecule has 0 fully saturated rings. The van der Waals surface area contributed by atoms with Gasteiger partial charge in [-0.3, -0.25) is 4.79 Å². The number of rotatable bonds is 3. The molecule has 0 bridgehead atoms. The van der Waals surface area contributed by atoms with E-state index in [9.17, 15) is 27.9 Å². The summed E-state index contributed by atoms with van der Waals surface area (Å²) in [6.07, 6.45) is -5.30. The molecule has 2 rings (SSSR count). The lowest BCUT2D eigenvalue weighted by molar-refractivity contribution is -0.303. The Hall–Kier alpha value is -2.38. The first-order valence-corrected chi connectivity index (χ1v) is 5.54. The quantitative estimate of drug-likeness (QED) is 0.829. The van der Waals surface area contributed by atoms with Gasteiger partial charge in [-0.2, -0.15) is 18.3 Å². The molecule has 1 aliphatic heterocycles. The molecule has 1 aromatic carbocycles. The summed E-state index contributed by atoms with van der Waals surface area (Å²) in [5.74, 6) is -1.98. The summed E-state index contributed by atoms with van der Waals surface area (Å²) in [5, 5.41) is 14.9. The Labute approximate surface area is 111 Å². The highest BCUT2D eigenvalue weighted by molar-refractivity contribution is 6.16. The number of carbonyl (C=O) groups excluding carboxylic acids is 2. The normalized spacial score (nSPS) is 15.4. The van der Waals surface area contributed by atoms with E-state index in [1.165, 1.54) is 6.07 Å². The molecule has 106 valence electrons. The lowest BCUT2D eigenvalue weighted by Crippen LogP contribution is -2.24. The third-order valence-electron chi connectivity index (χ3n) is 2.60. The summed E-state index contributed by atoms with van der Waals surface area (Å²) < 4.78 is 37.7. The van der Waals surface area contributed by atoms with Crippen LogP contribution in [0.4, 0.5) is 18.9 Å². The van der Waals surface area contributed by atoms with Gasteiger partial charge in [0.1, 0.15) is 0 Å². The minimum absolute atomic E-state index is 0.0485. The minimum atomic E-state index is -4.53. The summed E-state index contributed by atoms with van der Waals surface area (Å²) in [7, 11) is 0. The molecule has 1 amide bonds. The van der Waals surface area contributed by atoms with Gasteiger partial charge in [-0.05, 0) is 18.2 Å². The summed E-state index contributed by atoms with van der Waals surface area (Å²) in [5.41, 5.74) is -0.920. The maximum absolute atomic E-state index is 12.6. The number of amides is 1. The number of hydrazone groups is 1. The largest absolute Gasteiger partial charge is 0.550 e. The molecule has 0 N–H and O–H groups in total. The van der Waals surface area contributed by atoms with Crippen molar-refractivity contribution in [1.29, 1.82) is 0 Å². The van der Waals surface area contributed by atoms with Crippen molar-refractivity contribution in [3.05, 3.63) is 29.8 Å². The van der Waals surface area contributed by atoms with Crippen molar-refractivity contribution in [3.63, 3.8) is 0 Å². The van der Waals surface area contributed by atoms with Crippen molar-refractivity contribution in [2.24, 2.45) is 5.10 Å². The molecule has 8 heteroatoms. The first-order valence-electron chi connectivity index (χ1n) is 5.54. The van der Waals surface area contributed by atoms with Crippen LogP contribution in [0.3, 0.4) is 0 Å². The highest BCUT2D eigenvalue weighted by atomic mass is 19.4. The highest BCUT2D eigenvalue weighted by Crippen LogP contribution is 2.32. The van der Waals surface area contributed by atoms with E-state index < -0.39 is 30.0 Å². The Kier molecular flexibility index (Phi) is 3.47. The summed E-state index contributed by atoms with van der Waals surface area (Å²) in [6, 6.07) is 4.09. The number of alkyl halides is 3. The van der Waals surface area contributed by atoms with E-state index >= 15 is 0 Å². The van der Waals surface area contributed by atoms with Crippen LogP contribution in [0.2, 0.25) is 0 Å². The lowest BCUT2D eigenvalue weighted by atomic mass is 10.2. The average Bonchev–Trinajstić information content (AvgIpc) is 2.68. The lowest BCUT2D eigenvalue weighted by Gasteiger charge is -2.14. The Balaban J connectivity index is 2.30. The number of carboxylic acids is 1. The van der Waals surface area contributed by atoms with Crippen LogP contribution in [0.25, 0.3) is 0 Å². The monoisotopic (exact) mass is 285 g/mol. The maximum Gasteiger partial charge on any atom is 0.416 e. The average molecular weight is 285 g/mol. The number of hydrogen-bond donors (Lipinski definition) is 0. The standard InChI is InChI=1S/C12H9F3N2O3/c13-12(14,15)7-2-1-3-9(4-7)17-10(18)5-8(16-17)6-11(19)20/h1-4H,5-6H2,(H,19,20)/p-1. The van der Waals surface area contributed by atoms with Gasteiger partial charge >= 0.3 is 6.18 Å². The van der Waals surface area contributed by atoms with Crippen LogP contribution in [0.15, 0.2) is 29.4 Å². The summed E-state index contributed by atoms with van der Waals surface area (Å²) in [6.45, 7) is 0. The second kappa shape index (κ2) is 4.95. The zero-order valence-corrected chi connectivity index (χ0v) is 9.98. The molecule has 1 aliphatic rings. The first-order chi connectivity index (χ1) is 9.27. The number of nitrogens with zero attached hydrogens (tertiary/aromatic N) is 2. The molecule has 0 spiro atoms. The molecule has 0 saturated heterocycles. The Morgan fingerprint density at radius 3 is 2.70 bits per heavy atom. The fraction of sp³-hybridized carbons (Fsp3) is 0.250. The van der Waals surface area contributed by atoms with Crippen LogP contribution >= 0.6 is 0 Å². The fourth-order valence-electron chi connectivity index (χ4n) is 1.76. The van der Waals surface area contributed by atoms with Crippen LogP contribution in [0.1, 0.15) is 18.4 Å². The SMILES string of the molecule is O=C([O-])CC1=NN(c2cccc(C(F)(F)F)c2)C(=O)C1. The topological polar surface area (TPSA) is 72.8 Å². The predicted octanol–water partition coefficient (Wildman–Crippen LogP) is 0.938. The summed E-state index contributed by atoms with van der Waals surface area (Å²) in [4.78, 5) is 22.1. The van der Waals surface area contributed by atoms with Crippen molar-refractivity contribution in [1.82, 2.24) is 0 Å². The number of carbonyl (C=O) groups is 2. The third kappa shape index (κ3) is 2.95. The number of halogens is 3. The van der Waals surface area contributed by atoms with Crippen LogP contribution < -0.4 is 10.1 Å². The van der Waals surface area contributed by atoms with Crippen LogP contribution in [0.5, 0.6) is 0 Å². The van der Waals surface area contributed by atoms with Gasteiger partial charge in [0, 0.05) is 12.4 Å². The predicted molar refractivity (Wildman–Crippen MR) is 60.6 cm³/mol. The second-order valence-electron chi connectivity index (χ2n) is 4.15.